The predicted molar refractivity (Wildman–Crippen MR) is 83.3 cm³/mol. The normalized spacial score (nSPS) is 12.0. The van der Waals surface area contributed by atoms with E-state index in [1.54, 1.807) is 7.11 Å². The van der Waals surface area contributed by atoms with Gasteiger partial charge in [-0.3, -0.25) is 0 Å². The first-order chi connectivity index (χ1) is 8.17. The highest BCUT2D eigenvalue weighted by Crippen LogP contribution is 2.26. The number of methoxy groups -OCH3 is 1. The van der Waals surface area contributed by atoms with Gasteiger partial charge in [0, 0.05) is 4.43 Å². The highest BCUT2D eigenvalue weighted by Gasteiger charge is 2.09. The van der Waals surface area contributed by atoms with Crippen LogP contribution >= 0.6 is 22.6 Å². The lowest BCUT2D eigenvalue weighted by Crippen LogP contribution is -1.99. The van der Waals surface area contributed by atoms with Crippen LogP contribution in [0.2, 0.25) is 0 Å². The third-order valence-corrected chi connectivity index (χ3v) is 3.90. The summed E-state index contributed by atoms with van der Waals surface area (Å²) in [5, 5.41) is 0. The zero-order valence-corrected chi connectivity index (χ0v) is 13.0. The number of hydrogen-bond donors (Lipinski definition) is 0. The van der Waals surface area contributed by atoms with E-state index in [4.69, 9.17) is 4.74 Å². The summed E-state index contributed by atoms with van der Waals surface area (Å²) in [5.74, 6) is 1.59. The fraction of sp³-hybridized carbons (Fsp3) is 0.467. The quantitative estimate of drug-likeness (QED) is 0.403. The molecule has 0 aliphatic heterocycles. The summed E-state index contributed by atoms with van der Waals surface area (Å²) in [7, 11) is 1.71. The second-order valence-corrected chi connectivity index (χ2v) is 5.36. The molecular formula is C15H21IO. The summed E-state index contributed by atoms with van der Waals surface area (Å²) in [6.45, 7) is 4.32. The fourth-order valence-corrected chi connectivity index (χ4v) is 2.73. The lowest BCUT2D eigenvalue weighted by atomic mass is 9.96. The van der Waals surface area contributed by atoms with Crippen LogP contribution in [0.1, 0.15) is 38.2 Å². The average Bonchev–Trinajstić information content (AvgIpc) is 2.34. The van der Waals surface area contributed by atoms with Crippen molar-refractivity contribution in [1.82, 2.24) is 0 Å². The maximum atomic E-state index is 5.18. The van der Waals surface area contributed by atoms with Crippen molar-refractivity contribution in [2.75, 3.05) is 11.5 Å². The number of rotatable bonds is 6. The summed E-state index contributed by atoms with van der Waals surface area (Å²) < 4.78 is 6.35. The molecule has 0 aromatic heterocycles. The van der Waals surface area contributed by atoms with Crippen LogP contribution in [-0.4, -0.2) is 11.5 Å². The average molecular weight is 344 g/mol. The molecule has 0 heterocycles. The Bertz CT molecular complexity index is 350. The van der Waals surface area contributed by atoms with E-state index in [0.717, 1.165) is 5.75 Å². The first-order valence-electron chi connectivity index (χ1n) is 6.00. The molecule has 0 aliphatic carbocycles. The van der Waals surface area contributed by atoms with E-state index in [2.05, 4.69) is 66.8 Å². The van der Waals surface area contributed by atoms with Crippen molar-refractivity contribution < 1.29 is 4.74 Å². The number of halogens is 1. The van der Waals surface area contributed by atoms with Crippen LogP contribution in [0.25, 0.3) is 0 Å². The Morgan fingerprint density at radius 1 is 1.29 bits per heavy atom. The minimum atomic E-state index is 0.650. The first-order valence-corrected chi connectivity index (χ1v) is 7.53. The number of alkyl halides is 1. The Morgan fingerprint density at radius 2 is 1.94 bits per heavy atom. The van der Waals surface area contributed by atoms with Crippen molar-refractivity contribution >= 4 is 22.6 Å². The Hall–Kier alpha value is -0.510. The van der Waals surface area contributed by atoms with E-state index in [9.17, 15) is 0 Å². The van der Waals surface area contributed by atoms with Gasteiger partial charge in [-0.1, -0.05) is 46.4 Å². The monoisotopic (exact) mass is 344 g/mol. The lowest BCUT2D eigenvalue weighted by molar-refractivity contribution is 0.414. The van der Waals surface area contributed by atoms with Crippen molar-refractivity contribution in [2.45, 2.75) is 32.6 Å². The molecule has 0 radical (unpaired) electrons. The molecule has 1 nitrogen and oxygen atoms in total. The molecule has 0 saturated carbocycles. The van der Waals surface area contributed by atoms with E-state index in [1.807, 2.05) is 0 Å². The van der Waals surface area contributed by atoms with Gasteiger partial charge in [-0.25, -0.2) is 0 Å². The third-order valence-electron chi connectivity index (χ3n) is 2.84. The molecular weight excluding hydrogens is 323 g/mol. The number of benzene rings is 1. The summed E-state index contributed by atoms with van der Waals surface area (Å²) >= 11 is 2.48. The molecule has 0 aliphatic rings. The lowest BCUT2D eigenvalue weighted by Gasteiger charge is -2.14. The van der Waals surface area contributed by atoms with Gasteiger partial charge < -0.3 is 4.74 Å². The molecule has 1 aromatic carbocycles. The van der Waals surface area contributed by atoms with E-state index in [0.29, 0.717) is 5.92 Å². The van der Waals surface area contributed by atoms with Crippen LogP contribution in [-0.2, 0) is 0 Å². The second-order valence-electron chi connectivity index (χ2n) is 4.48. The van der Waals surface area contributed by atoms with Gasteiger partial charge >= 0.3 is 0 Å². The summed E-state index contributed by atoms with van der Waals surface area (Å²) in [6.07, 6.45) is 4.71. The molecule has 1 unspecified atom stereocenters. The Morgan fingerprint density at radius 3 is 2.41 bits per heavy atom. The molecule has 0 N–H and O–H groups in total. The topological polar surface area (TPSA) is 9.23 Å². The third kappa shape index (κ3) is 5.11. The molecule has 17 heavy (non-hydrogen) atoms. The molecule has 0 amide bonds. The molecule has 1 aromatic rings. The summed E-state index contributed by atoms with van der Waals surface area (Å²) in [5.41, 5.74) is 2.83. The van der Waals surface area contributed by atoms with Crippen molar-refractivity contribution in [3.63, 3.8) is 0 Å². The maximum absolute atomic E-state index is 5.18. The van der Waals surface area contributed by atoms with E-state index < -0.39 is 0 Å². The van der Waals surface area contributed by atoms with Gasteiger partial charge in [0.25, 0.3) is 0 Å². The van der Waals surface area contributed by atoms with Crippen LogP contribution in [0, 0.1) is 0 Å². The van der Waals surface area contributed by atoms with Crippen LogP contribution in [0.4, 0.5) is 0 Å². The van der Waals surface area contributed by atoms with Crippen molar-refractivity contribution in [3.05, 3.63) is 41.5 Å². The smallest absolute Gasteiger partial charge is 0.118 e. The maximum Gasteiger partial charge on any atom is 0.118 e. The van der Waals surface area contributed by atoms with Crippen molar-refractivity contribution in [1.29, 1.82) is 0 Å². The molecule has 0 fully saturated rings. The van der Waals surface area contributed by atoms with E-state index >= 15 is 0 Å². The highest BCUT2D eigenvalue weighted by molar-refractivity contribution is 14.1. The first kappa shape index (κ1) is 14.6. The molecule has 2 heteroatoms. The Balaban J connectivity index is 2.62. The molecule has 1 rings (SSSR count). The van der Waals surface area contributed by atoms with Crippen molar-refractivity contribution in [3.8, 4) is 5.75 Å². The molecule has 0 saturated heterocycles. The Labute approximate surface area is 118 Å². The Kier molecular flexibility index (Phi) is 6.63. The highest BCUT2D eigenvalue weighted by atomic mass is 127. The predicted octanol–water partition coefficient (Wildman–Crippen LogP) is 4.96. The molecule has 1 atom stereocenters. The van der Waals surface area contributed by atoms with E-state index in [-0.39, 0.29) is 0 Å². The van der Waals surface area contributed by atoms with Crippen LogP contribution in [0.5, 0.6) is 5.75 Å². The number of allylic oxidation sites excluding steroid dienone is 2. The van der Waals surface area contributed by atoms with Gasteiger partial charge in [0.2, 0.25) is 0 Å². The van der Waals surface area contributed by atoms with Crippen molar-refractivity contribution in [2.24, 2.45) is 0 Å². The van der Waals surface area contributed by atoms with Crippen LogP contribution < -0.4 is 4.74 Å². The zero-order chi connectivity index (χ0) is 12.7. The van der Waals surface area contributed by atoms with Gasteiger partial charge in [0.1, 0.15) is 5.75 Å². The van der Waals surface area contributed by atoms with Gasteiger partial charge in [-0.05, 0) is 50.3 Å². The number of hydrogen-bond acceptors (Lipinski definition) is 1. The van der Waals surface area contributed by atoms with Crippen LogP contribution in [0.15, 0.2) is 35.9 Å². The van der Waals surface area contributed by atoms with Gasteiger partial charge in [-0.2, -0.15) is 0 Å². The minimum absolute atomic E-state index is 0.650. The second kappa shape index (κ2) is 7.75. The zero-order valence-electron chi connectivity index (χ0n) is 10.9. The molecule has 0 bridgehead atoms. The minimum Gasteiger partial charge on any atom is -0.497 e. The van der Waals surface area contributed by atoms with Gasteiger partial charge in [0.15, 0.2) is 0 Å². The number of ether oxygens (including phenoxy) is 1. The largest absolute Gasteiger partial charge is 0.497 e. The fourth-order valence-electron chi connectivity index (χ4n) is 1.78. The summed E-state index contributed by atoms with van der Waals surface area (Å²) in [6, 6.07) is 8.47. The van der Waals surface area contributed by atoms with Gasteiger partial charge in [-0.15, -0.1) is 0 Å². The van der Waals surface area contributed by atoms with Gasteiger partial charge in [0.05, 0.1) is 7.11 Å². The molecule has 94 valence electrons. The van der Waals surface area contributed by atoms with Crippen LogP contribution in [0.3, 0.4) is 0 Å². The standard InChI is InChI=1S/C15H21IO/c1-12(2)5-4-6-14(11-16)13-7-9-15(17-3)10-8-13/h5,7-10,14H,4,6,11H2,1-3H3. The van der Waals surface area contributed by atoms with E-state index in [1.165, 1.54) is 28.4 Å². The summed E-state index contributed by atoms with van der Waals surface area (Å²) in [4.78, 5) is 0. The molecule has 0 spiro atoms. The SMILES string of the molecule is COc1ccc(C(CI)CCC=C(C)C)cc1.